The summed E-state index contributed by atoms with van der Waals surface area (Å²) in [5.41, 5.74) is 1.93. The predicted molar refractivity (Wildman–Crippen MR) is 86.7 cm³/mol. The first kappa shape index (κ1) is 14.0. The van der Waals surface area contributed by atoms with E-state index >= 15 is 0 Å². The van der Waals surface area contributed by atoms with Gasteiger partial charge in [0.2, 0.25) is 5.95 Å². The summed E-state index contributed by atoms with van der Waals surface area (Å²) in [6.07, 6.45) is 1.68. The summed E-state index contributed by atoms with van der Waals surface area (Å²) in [5, 5.41) is 0. The number of morpholine rings is 1. The first-order chi connectivity index (χ1) is 11.3. The van der Waals surface area contributed by atoms with Gasteiger partial charge in [-0.25, -0.2) is 4.98 Å². The van der Waals surface area contributed by atoms with Gasteiger partial charge in [0.15, 0.2) is 5.52 Å². The van der Waals surface area contributed by atoms with Gasteiger partial charge in [0.1, 0.15) is 5.65 Å². The van der Waals surface area contributed by atoms with Gasteiger partial charge >= 0.3 is 5.56 Å². The van der Waals surface area contributed by atoms with Gasteiger partial charge in [-0.2, -0.15) is 4.98 Å². The summed E-state index contributed by atoms with van der Waals surface area (Å²) in [6.45, 7) is 3.39. The van der Waals surface area contributed by atoms with Gasteiger partial charge in [-0.05, 0) is 5.56 Å². The lowest BCUT2D eigenvalue weighted by molar-refractivity contribution is 0.122. The largest absolute Gasteiger partial charge is 0.378 e. The number of benzene rings is 1. The second-order valence-corrected chi connectivity index (χ2v) is 5.52. The Morgan fingerprint density at radius 1 is 1.17 bits per heavy atom. The van der Waals surface area contributed by atoms with E-state index in [9.17, 15) is 4.79 Å². The topological polar surface area (TPSA) is 76.0 Å². The Labute approximate surface area is 132 Å². The average Bonchev–Trinajstić information content (AvgIpc) is 3.00. The summed E-state index contributed by atoms with van der Waals surface area (Å²) in [4.78, 5) is 25.9. The van der Waals surface area contributed by atoms with Crippen molar-refractivity contribution in [3.63, 3.8) is 0 Å². The highest BCUT2D eigenvalue weighted by Gasteiger charge is 2.17. The molecule has 4 rings (SSSR count). The molecule has 23 heavy (non-hydrogen) atoms. The molecule has 0 radical (unpaired) electrons. The van der Waals surface area contributed by atoms with Crippen LogP contribution in [0.2, 0.25) is 0 Å². The maximum absolute atomic E-state index is 12.2. The number of ether oxygens (including phenoxy) is 1. The van der Waals surface area contributed by atoms with Crippen molar-refractivity contribution in [2.24, 2.45) is 0 Å². The second-order valence-electron chi connectivity index (χ2n) is 5.52. The Balaban J connectivity index is 1.74. The van der Waals surface area contributed by atoms with Crippen LogP contribution in [0.3, 0.4) is 0 Å². The molecular formula is C16H17N5O2. The lowest BCUT2D eigenvalue weighted by atomic mass is 10.2. The van der Waals surface area contributed by atoms with E-state index < -0.39 is 0 Å². The highest BCUT2D eigenvalue weighted by molar-refractivity contribution is 5.71. The molecule has 0 bridgehead atoms. The third-order valence-corrected chi connectivity index (χ3v) is 3.98. The van der Waals surface area contributed by atoms with Crippen LogP contribution >= 0.6 is 0 Å². The second kappa shape index (κ2) is 5.85. The predicted octanol–water partition coefficient (Wildman–Crippen LogP) is 1.00. The zero-order valence-corrected chi connectivity index (χ0v) is 12.6. The van der Waals surface area contributed by atoms with Gasteiger partial charge in [0, 0.05) is 13.1 Å². The van der Waals surface area contributed by atoms with Crippen LogP contribution in [-0.4, -0.2) is 45.8 Å². The molecule has 1 N–H and O–H groups in total. The molecule has 7 nitrogen and oxygen atoms in total. The van der Waals surface area contributed by atoms with Gasteiger partial charge in [-0.1, -0.05) is 30.3 Å². The number of imidazole rings is 1. The van der Waals surface area contributed by atoms with E-state index in [-0.39, 0.29) is 5.56 Å². The number of anilines is 1. The van der Waals surface area contributed by atoms with Crippen molar-refractivity contribution in [1.29, 1.82) is 0 Å². The van der Waals surface area contributed by atoms with Crippen LogP contribution in [0.25, 0.3) is 11.2 Å². The molecule has 0 amide bonds. The Morgan fingerprint density at radius 3 is 2.74 bits per heavy atom. The van der Waals surface area contributed by atoms with E-state index in [1.54, 1.807) is 6.33 Å². The quantitative estimate of drug-likeness (QED) is 0.781. The van der Waals surface area contributed by atoms with Gasteiger partial charge in [0.25, 0.3) is 0 Å². The lowest BCUT2D eigenvalue weighted by Gasteiger charge is -2.27. The molecule has 1 aromatic carbocycles. The molecule has 1 aliphatic heterocycles. The van der Waals surface area contributed by atoms with Crippen LogP contribution in [0.5, 0.6) is 0 Å². The maximum Gasteiger partial charge on any atom is 0.302 e. The number of H-pyrrole nitrogens is 1. The SMILES string of the molecule is O=c1nc(N2CCOCC2)[nH]c2c1ncn2Cc1ccccc1. The Hall–Kier alpha value is -2.67. The molecule has 1 aliphatic rings. The molecule has 0 atom stereocenters. The molecule has 3 aromatic rings. The molecule has 3 heterocycles. The highest BCUT2D eigenvalue weighted by atomic mass is 16.5. The fourth-order valence-corrected chi connectivity index (χ4v) is 2.78. The normalized spacial score (nSPS) is 15.2. The Kier molecular flexibility index (Phi) is 3.55. The molecule has 2 aromatic heterocycles. The monoisotopic (exact) mass is 311 g/mol. The van der Waals surface area contributed by atoms with Gasteiger partial charge in [-0.15, -0.1) is 0 Å². The van der Waals surface area contributed by atoms with E-state index in [4.69, 9.17) is 4.74 Å². The van der Waals surface area contributed by atoms with Crippen molar-refractivity contribution in [3.05, 3.63) is 52.6 Å². The molecule has 7 heteroatoms. The molecule has 0 spiro atoms. The summed E-state index contributed by atoms with van der Waals surface area (Å²) in [5.74, 6) is 0.584. The minimum absolute atomic E-state index is 0.299. The standard InChI is InChI=1S/C16H17N5O2/c22-15-13-14(18-16(19-15)20-6-8-23-9-7-20)21(11-17-13)10-12-4-2-1-3-5-12/h1-5,11H,6-10H2,(H,18,19,22). The Morgan fingerprint density at radius 2 is 1.96 bits per heavy atom. The van der Waals surface area contributed by atoms with Crippen LogP contribution < -0.4 is 10.5 Å². The van der Waals surface area contributed by atoms with Crippen molar-refractivity contribution in [3.8, 4) is 0 Å². The average molecular weight is 311 g/mol. The summed E-state index contributed by atoms with van der Waals surface area (Å²) >= 11 is 0. The van der Waals surface area contributed by atoms with E-state index in [1.807, 2.05) is 39.8 Å². The summed E-state index contributed by atoms with van der Waals surface area (Å²) in [6, 6.07) is 10.1. The van der Waals surface area contributed by atoms with Crippen molar-refractivity contribution in [2.75, 3.05) is 31.2 Å². The first-order valence-electron chi connectivity index (χ1n) is 7.63. The van der Waals surface area contributed by atoms with Crippen LogP contribution in [0.4, 0.5) is 5.95 Å². The first-order valence-corrected chi connectivity index (χ1v) is 7.63. The zero-order chi connectivity index (χ0) is 15.6. The van der Waals surface area contributed by atoms with Gasteiger partial charge in [-0.3, -0.25) is 4.79 Å². The summed E-state index contributed by atoms with van der Waals surface area (Å²) in [7, 11) is 0. The number of aromatic nitrogens is 4. The van der Waals surface area contributed by atoms with E-state index in [2.05, 4.69) is 15.0 Å². The molecule has 1 fully saturated rings. The minimum atomic E-state index is -0.299. The van der Waals surface area contributed by atoms with Crippen molar-refractivity contribution >= 4 is 17.1 Å². The molecule has 118 valence electrons. The molecule has 1 saturated heterocycles. The number of hydrogen-bond donors (Lipinski definition) is 1. The summed E-state index contributed by atoms with van der Waals surface area (Å²) < 4.78 is 7.29. The number of nitrogens with zero attached hydrogens (tertiary/aromatic N) is 4. The maximum atomic E-state index is 12.2. The number of fused-ring (bicyclic) bond motifs is 1. The lowest BCUT2D eigenvalue weighted by Crippen LogP contribution is -2.38. The molecule has 0 aliphatic carbocycles. The van der Waals surface area contributed by atoms with Crippen LogP contribution in [-0.2, 0) is 11.3 Å². The van der Waals surface area contributed by atoms with Crippen LogP contribution in [0.15, 0.2) is 41.5 Å². The van der Waals surface area contributed by atoms with Crippen molar-refractivity contribution in [1.82, 2.24) is 19.5 Å². The number of nitrogens with one attached hydrogen (secondary N) is 1. The fourth-order valence-electron chi connectivity index (χ4n) is 2.78. The van der Waals surface area contributed by atoms with Crippen LogP contribution in [0.1, 0.15) is 5.56 Å². The van der Waals surface area contributed by atoms with Crippen LogP contribution in [0, 0.1) is 0 Å². The third-order valence-electron chi connectivity index (χ3n) is 3.98. The molecule has 0 unspecified atom stereocenters. The van der Waals surface area contributed by atoms with Gasteiger partial charge in [0.05, 0.1) is 26.1 Å². The minimum Gasteiger partial charge on any atom is -0.378 e. The number of hydrogen-bond acceptors (Lipinski definition) is 5. The van der Waals surface area contributed by atoms with E-state index in [1.165, 1.54) is 0 Å². The van der Waals surface area contributed by atoms with Crippen molar-refractivity contribution in [2.45, 2.75) is 6.54 Å². The smallest absolute Gasteiger partial charge is 0.302 e. The molecular weight excluding hydrogens is 294 g/mol. The van der Waals surface area contributed by atoms with E-state index in [0.29, 0.717) is 36.9 Å². The zero-order valence-electron chi connectivity index (χ0n) is 12.6. The fraction of sp³-hybridized carbons (Fsp3) is 0.312. The Bertz CT molecular complexity index is 865. The number of aromatic amines is 1. The van der Waals surface area contributed by atoms with E-state index in [0.717, 1.165) is 18.7 Å². The molecule has 0 saturated carbocycles. The highest BCUT2D eigenvalue weighted by Crippen LogP contribution is 2.14. The van der Waals surface area contributed by atoms with Crippen molar-refractivity contribution < 1.29 is 4.74 Å². The number of rotatable bonds is 3. The third kappa shape index (κ3) is 2.70. The van der Waals surface area contributed by atoms with Gasteiger partial charge < -0.3 is 19.2 Å².